The number of nitrogens with one attached hydrogen (secondary N) is 2. The molecule has 158 valence electrons. The molecule has 0 aliphatic carbocycles. The maximum atomic E-state index is 12.7. The second-order valence-electron chi connectivity index (χ2n) is 7.77. The lowest BCUT2D eigenvalue weighted by Gasteiger charge is -2.35. The largest absolute Gasteiger partial charge is 0.353 e. The third-order valence-corrected chi connectivity index (χ3v) is 7.08. The van der Waals surface area contributed by atoms with Crippen LogP contribution in [-0.2, 0) is 14.8 Å². The van der Waals surface area contributed by atoms with E-state index in [-0.39, 0.29) is 10.8 Å². The zero-order valence-electron chi connectivity index (χ0n) is 17.1. The molecular weight excluding hydrogens is 394 g/mol. The normalized spacial score (nSPS) is 22.0. The molecule has 1 aromatic rings. The van der Waals surface area contributed by atoms with Crippen molar-refractivity contribution in [1.29, 1.82) is 0 Å². The molecule has 1 amide bonds. The Morgan fingerprint density at radius 2 is 1.86 bits per heavy atom. The van der Waals surface area contributed by atoms with Crippen LogP contribution < -0.4 is 10.0 Å². The topological polar surface area (TPSA) is 78.5 Å². The minimum absolute atomic E-state index is 0.174. The van der Waals surface area contributed by atoms with Gasteiger partial charge in [-0.3, -0.25) is 4.79 Å². The van der Waals surface area contributed by atoms with E-state index >= 15 is 0 Å². The molecule has 6 nitrogen and oxygen atoms in total. The van der Waals surface area contributed by atoms with Crippen molar-refractivity contribution < 1.29 is 13.2 Å². The van der Waals surface area contributed by atoms with Crippen molar-refractivity contribution in [2.75, 3.05) is 38.2 Å². The third kappa shape index (κ3) is 7.39. The fourth-order valence-electron chi connectivity index (χ4n) is 3.77. The molecule has 8 heteroatoms. The molecule has 0 radical (unpaired) electrons. The number of carbonyl (C=O) groups excluding carboxylic acids is 1. The van der Waals surface area contributed by atoms with Gasteiger partial charge in [0.2, 0.25) is 15.9 Å². The van der Waals surface area contributed by atoms with Crippen molar-refractivity contribution in [2.24, 2.45) is 11.8 Å². The molecule has 2 rings (SSSR count). The number of benzene rings is 1. The first kappa shape index (κ1) is 23.2. The summed E-state index contributed by atoms with van der Waals surface area (Å²) < 4.78 is 27.8. The van der Waals surface area contributed by atoms with E-state index in [2.05, 4.69) is 28.8 Å². The van der Waals surface area contributed by atoms with Crippen LogP contribution in [0.5, 0.6) is 0 Å². The standard InChI is InChI=1S/C20H33N3O3S2/c1-16-13-17(2)15-23(14-16)11-10-21-20(24)19(9-12-27-3)22-28(25,26)18-7-5-4-6-8-18/h4-8,16-17,19,22H,9-15H2,1-3H3,(H,21,24). The molecule has 2 N–H and O–H groups in total. The maximum Gasteiger partial charge on any atom is 0.241 e. The quantitative estimate of drug-likeness (QED) is 0.598. The van der Waals surface area contributed by atoms with Gasteiger partial charge < -0.3 is 10.2 Å². The van der Waals surface area contributed by atoms with Gasteiger partial charge in [0, 0.05) is 26.2 Å². The summed E-state index contributed by atoms with van der Waals surface area (Å²) in [6.07, 6.45) is 3.65. The Bertz CT molecular complexity index is 703. The number of hydrogen-bond donors (Lipinski definition) is 2. The van der Waals surface area contributed by atoms with Crippen LogP contribution in [0.15, 0.2) is 35.2 Å². The first-order chi connectivity index (χ1) is 13.3. The number of nitrogens with zero attached hydrogens (tertiary/aromatic N) is 1. The smallest absolute Gasteiger partial charge is 0.241 e. The Morgan fingerprint density at radius 3 is 2.46 bits per heavy atom. The Labute approximate surface area is 173 Å². The third-order valence-electron chi connectivity index (χ3n) is 4.95. The predicted octanol–water partition coefficient (Wildman–Crippen LogP) is 2.18. The number of rotatable bonds is 10. The van der Waals surface area contributed by atoms with Crippen LogP contribution in [0.3, 0.4) is 0 Å². The summed E-state index contributed by atoms with van der Waals surface area (Å²) >= 11 is 1.59. The molecule has 0 bridgehead atoms. The van der Waals surface area contributed by atoms with E-state index in [1.165, 1.54) is 18.6 Å². The molecular formula is C20H33N3O3S2. The van der Waals surface area contributed by atoms with Crippen molar-refractivity contribution in [2.45, 2.75) is 37.6 Å². The lowest BCUT2D eigenvalue weighted by Crippen LogP contribution is -2.49. The fourth-order valence-corrected chi connectivity index (χ4v) is 5.49. The van der Waals surface area contributed by atoms with Crippen LogP contribution in [0, 0.1) is 11.8 Å². The second-order valence-corrected chi connectivity index (χ2v) is 10.5. The minimum Gasteiger partial charge on any atom is -0.353 e. The first-order valence-corrected chi connectivity index (χ1v) is 12.8. The lowest BCUT2D eigenvalue weighted by molar-refractivity contribution is -0.122. The van der Waals surface area contributed by atoms with Gasteiger partial charge in [0.25, 0.3) is 0 Å². The molecule has 3 unspecified atom stereocenters. The molecule has 0 saturated carbocycles. The highest BCUT2D eigenvalue weighted by Crippen LogP contribution is 2.20. The van der Waals surface area contributed by atoms with Crippen LogP contribution in [-0.4, -0.2) is 63.5 Å². The van der Waals surface area contributed by atoms with Gasteiger partial charge in [0.05, 0.1) is 4.90 Å². The molecule has 1 fully saturated rings. The van der Waals surface area contributed by atoms with Crippen LogP contribution in [0.2, 0.25) is 0 Å². The number of amides is 1. The highest BCUT2D eigenvalue weighted by molar-refractivity contribution is 7.98. The lowest BCUT2D eigenvalue weighted by atomic mass is 9.92. The summed E-state index contributed by atoms with van der Waals surface area (Å²) in [7, 11) is -3.73. The summed E-state index contributed by atoms with van der Waals surface area (Å²) in [5.41, 5.74) is 0. The Kier molecular flexibility index (Phi) is 9.27. The number of sulfonamides is 1. The highest BCUT2D eigenvalue weighted by atomic mass is 32.2. The Hall–Kier alpha value is -1.09. The highest BCUT2D eigenvalue weighted by Gasteiger charge is 2.26. The van der Waals surface area contributed by atoms with Crippen molar-refractivity contribution in [3.63, 3.8) is 0 Å². The van der Waals surface area contributed by atoms with Gasteiger partial charge in [0.15, 0.2) is 0 Å². The van der Waals surface area contributed by atoms with E-state index in [1.54, 1.807) is 30.0 Å². The van der Waals surface area contributed by atoms with E-state index in [0.717, 1.165) is 19.6 Å². The van der Waals surface area contributed by atoms with Gasteiger partial charge in [-0.15, -0.1) is 0 Å². The van der Waals surface area contributed by atoms with Crippen molar-refractivity contribution >= 4 is 27.7 Å². The van der Waals surface area contributed by atoms with Crippen molar-refractivity contribution in [1.82, 2.24) is 14.9 Å². The Balaban J connectivity index is 1.91. The number of thioether (sulfide) groups is 1. The fraction of sp³-hybridized carbons (Fsp3) is 0.650. The molecule has 1 aromatic carbocycles. The van der Waals surface area contributed by atoms with Gasteiger partial charge >= 0.3 is 0 Å². The van der Waals surface area contributed by atoms with Gasteiger partial charge in [0.1, 0.15) is 6.04 Å². The number of piperidine rings is 1. The van der Waals surface area contributed by atoms with Crippen LogP contribution in [0.4, 0.5) is 0 Å². The summed E-state index contributed by atoms with van der Waals surface area (Å²) in [6.45, 7) is 7.95. The van der Waals surface area contributed by atoms with Gasteiger partial charge in [-0.1, -0.05) is 32.0 Å². The van der Waals surface area contributed by atoms with Crippen LogP contribution in [0.1, 0.15) is 26.7 Å². The van der Waals surface area contributed by atoms with E-state index in [1.807, 2.05) is 6.26 Å². The number of carbonyl (C=O) groups is 1. The van der Waals surface area contributed by atoms with Gasteiger partial charge in [-0.25, -0.2) is 8.42 Å². The average molecular weight is 428 g/mol. The molecule has 0 spiro atoms. The van der Waals surface area contributed by atoms with E-state index in [0.29, 0.717) is 30.6 Å². The average Bonchev–Trinajstić information content (AvgIpc) is 2.65. The molecule has 3 atom stereocenters. The first-order valence-electron chi connectivity index (χ1n) is 9.88. The Morgan fingerprint density at radius 1 is 1.21 bits per heavy atom. The molecule has 1 aliphatic heterocycles. The summed E-state index contributed by atoms with van der Waals surface area (Å²) in [6, 6.07) is 7.41. The second kappa shape index (κ2) is 11.2. The van der Waals surface area contributed by atoms with E-state index < -0.39 is 16.1 Å². The molecule has 1 saturated heterocycles. The number of likely N-dealkylation sites (tertiary alicyclic amines) is 1. The summed E-state index contributed by atoms with van der Waals surface area (Å²) in [5, 5.41) is 2.93. The summed E-state index contributed by atoms with van der Waals surface area (Å²) in [5.74, 6) is 1.79. The molecule has 0 aromatic heterocycles. The monoisotopic (exact) mass is 427 g/mol. The maximum absolute atomic E-state index is 12.7. The zero-order chi connectivity index (χ0) is 20.6. The van der Waals surface area contributed by atoms with Crippen LogP contribution in [0.25, 0.3) is 0 Å². The zero-order valence-corrected chi connectivity index (χ0v) is 18.7. The number of hydrogen-bond acceptors (Lipinski definition) is 5. The SMILES string of the molecule is CSCCC(NS(=O)(=O)c1ccccc1)C(=O)NCCN1CC(C)CC(C)C1. The summed E-state index contributed by atoms with van der Waals surface area (Å²) in [4.78, 5) is 15.2. The minimum atomic E-state index is -3.73. The molecule has 28 heavy (non-hydrogen) atoms. The van der Waals surface area contributed by atoms with Crippen molar-refractivity contribution in [3.05, 3.63) is 30.3 Å². The van der Waals surface area contributed by atoms with E-state index in [4.69, 9.17) is 0 Å². The van der Waals surface area contributed by atoms with Crippen molar-refractivity contribution in [3.8, 4) is 0 Å². The molecule has 1 heterocycles. The van der Waals surface area contributed by atoms with Gasteiger partial charge in [-0.05, 0) is 48.8 Å². The predicted molar refractivity (Wildman–Crippen MR) is 116 cm³/mol. The van der Waals surface area contributed by atoms with Gasteiger partial charge in [-0.2, -0.15) is 16.5 Å². The van der Waals surface area contributed by atoms with Crippen LogP contribution >= 0.6 is 11.8 Å². The molecule has 1 aliphatic rings. The van der Waals surface area contributed by atoms with E-state index in [9.17, 15) is 13.2 Å².